The molecule has 1 N–H and O–H groups in total. The van der Waals surface area contributed by atoms with Gasteiger partial charge in [0.05, 0.1) is 20.8 Å². The van der Waals surface area contributed by atoms with Crippen LogP contribution in [-0.2, 0) is 28.6 Å². The lowest BCUT2D eigenvalue weighted by Crippen LogP contribution is -2.39. The lowest BCUT2D eigenvalue weighted by atomic mass is 9.81. The van der Waals surface area contributed by atoms with E-state index in [1.165, 1.54) is 32.4 Å². The van der Waals surface area contributed by atoms with Crippen molar-refractivity contribution in [3.05, 3.63) is 23.8 Å². The zero-order chi connectivity index (χ0) is 29.9. The van der Waals surface area contributed by atoms with Gasteiger partial charge in [-0.25, -0.2) is 14.4 Å². The van der Waals surface area contributed by atoms with Crippen molar-refractivity contribution < 1.29 is 47.7 Å². The van der Waals surface area contributed by atoms with Crippen molar-refractivity contribution in [1.29, 1.82) is 0 Å². The number of ketones is 1. The number of benzene rings is 1. The summed E-state index contributed by atoms with van der Waals surface area (Å²) in [7, 11) is 4.13. The number of nitrogens with zero attached hydrogens (tertiary/aromatic N) is 1. The van der Waals surface area contributed by atoms with E-state index in [1.807, 2.05) is 20.8 Å². The molecule has 2 rings (SSSR count). The van der Waals surface area contributed by atoms with Crippen molar-refractivity contribution in [2.75, 3.05) is 47.6 Å². The third-order valence-electron chi connectivity index (χ3n) is 6.29. The minimum absolute atomic E-state index is 0.0566. The Balaban J connectivity index is 1.89. The maximum Gasteiger partial charge on any atom is 0.410 e. The second kappa shape index (κ2) is 15.1. The van der Waals surface area contributed by atoms with Gasteiger partial charge in [0.15, 0.2) is 30.5 Å². The molecule has 0 bridgehead atoms. The van der Waals surface area contributed by atoms with Crippen molar-refractivity contribution in [3.63, 3.8) is 0 Å². The largest absolute Gasteiger partial charge is 0.478 e. The molecular formula is C28H40N2O10. The van der Waals surface area contributed by atoms with Crippen LogP contribution >= 0.6 is 0 Å². The third-order valence-corrected chi connectivity index (χ3v) is 6.29. The Bertz CT molecular complexity index is 1060. The predicted molar refractivity (Wildman–Crippen MR) is 143 cm³/mol. The fourth-order valence-corrected chi connectivity index (χ4v) is 4.13. The Morgan fingerprint density at radius 3 is 2.02 bits per heavy atom. The van der Waals surface area contributed by atoms with Gasteiger partial charge in [-0.3, -0.25) is 9.59 Å². The van der Waals surface area contributed by atoms with Gasteiger partial charge in [0.2, 0.25) is 5.91 Å². The first-order valence-corrected chi connectivity index (χ1v) is 13.1. The number of hydrogen-bond acceptors (Lipinski definition) is 10. The molecule has 1 saturated carbocycles. The van der Waals surface area contributed by atoms with E-state index in [1.54, 1.807) is 11.9 Å². The Labute approximate surface area is 234 Å². The molecule has 0 heterocycles. The van der Waals surface area contributed by atoms with Crippen LogP contribution in [0.4, 0.5) is 4.79 Å². The van der Waals surface area contributed by atoms with Crippen molar-refractivity contribution in [2.45, 2.75) is 52.1 Å². The van der Waals surface area contributed by atoms with Crippen LogP contribution in [0.1, 0.15) is 56.8 Å². The Hall–Kier alpha value is -3.83. The summed E-state index contributed by atoms with van der Waals surface area (Å²) in [6, 6.07) is 4.27. The molecule has 12 nitrogen and oxygen atoms in total. The van der Waals surface area contributed by atoms with E-state index in [0.717, 1.165) is 12.8 Å². The van der Waals surface area contributed by atoms with Gasteiger partial charge in [-0.15, -0.1) is 0 Å². The third kappa shape index (κ3) is 10.7. The van der Waals surface area contributed by atoms with Crippen LogP contribution in [0.2, 0.25) is 0 Å². The van der Waals surface area contributed by atoms with Crippen LogP contribution in [0.25, 0.3) is 0 Å². The summed E-state index contributed by atoms with van der Waals surface area (Å²) in [5, 5.41) is 2.71. The zero-order valence-corrected chi connectivity index (χ0v) is 24.1. The molecule has 1 aliphatic carbocycles. The number of methoxy groups -OCH3 is 2. The fourth-order valence-electron chi connectivity index (χ4n) is 4.13. The first-order chi connectivity index (χ1) is 18.8. The Kier molecular flexibility index (Phi) is 12.2. The van der Waals surface area contributed by atoms with Gasteiger partial charge < -0.3 is 33.9 Å². The number of amides is 2. The second-order valence-electron chi connectivity index (χ2n) is 10.6. The number of esters is 2. The summed E-state index contributed by atoms with van der Waals surface area (Å²) in [5.74, 6) is -1.60. The predicted octanol–water partition coefficient (Wildman–Crippen LogP) is 2.76. The molecule has 0 aromatic heterocycles. The zero-order valence-electron chi connectivity index (χ0n) is 24.1. The van der Waals surface area contributed by atoms with Gasteiger partial charge in [-0.05, 0) is 70.6 Å². The average molecular weight is 565 g/mol. The first-order valence-electron chi connectivity index (χ1n) is 13.1. The molecule has 1 aromatic carbocycles. The summed E-state index contributed by atoms with van der Waals surface area (Å²) in [4.78, 5) is 62.3. The summed E-state index contributed by atoms with van der Waals surface area (Å²) >= 11 is 0. The summed E-state index contributed by atoms with van der Waals surface area (Å²) in [6.07, 6.45) is 2.52. The highest BCUT2D eigenvalue weighted by atomic mass is 16.6. The Morgan fingerprint density at radius 2 is 1.48 bits per heavy atom. The van der Waals surface area contributed by atoms with Crippen LogP contribution in [0.5, 0.6) is 11.5 Å². The van der Waals surface area contributed by atoms with Crippen LogP contribution in [0, 0.1) is 11.8 Å². The molecule has 0 unspecified atom stereocenters. The van der Waals surface area contributed by atoms with E-state index < -0.39 is 30.8 Å². The number of rotatable bonds is 12. The lowest BCUT2D eigenvalue weighted by molar-refractivity contribution is -0.144. The van der Waals surface area contributed by atoms with Gasteiger partial charge in [-0.2, -0.15) is 0 Å². The Morgan fingerprint density at radius 1 is 0.900 bits per heavy atom. The molecule has 1 fully saturated rings. The normalized spacial score (nSPS) is 16.8. The van der Waals surface area contributed by atoms with Crippen molar-refractivity contribution in [3.8, 4) is 11.5 Å². The van der Waals surface area contributed by atoms with E-state index in [-0.39, 0.29) is 53.2 Å². The molecule has 0 radical (unpaired) electrons. The first kappa shape index (κ1) is 32.4. The second-order valence-corrected chi connectivity index (χ2v) is 10.6. The SMILES string of the molecule is COC(=O)COc1ccc(C(=O)CNC(=O)C2CCC(CN(C)C(=O)OC(C)(C)C)CC2)cc1OCC(=O)OC. The monoisotopic (exact) mass is 564 g/mol. The highest BCUT2D eigenvalue weighted by Crippen LogP contribution is 2.30. The number of ether oxygens (including phenoxy) is 5. The van der Waals surface area contributed by atoms with Crippen LogP contribution in [0.15, 0.2) is 18.2 Å². The average Bonchev–Trinajstić information content (AvgIpc) is 2.92. The van der Waals surface area contributed by atoms with E-state index in [9.17, 15) is 24.0 Å². The van der Waals surface area contributed by atoms with Gasteiger partial charge in [0.25, 0.3) is 0 Å². The minimum atomic E-state index is -0.644. The summed E-state index contributed by atoms with van der Waals surface area (Å²) in [6.45, 7) is 4.97. The van der Waals surface area contributed by atoms with Gasteiger partial charge >= 0.3 is 18.0 Å². The minimum Gasteiger partial charge on any atom is -0.478 e. The molecule has 40 heavy (non-hydrogen) atoms. The molecule has 0 saturated heterocycles. The number of carbonyl (C=O) groups is 5. The van der Waals surface area contributed by atoms with Gasteiger partial charge in [-0.1, -0.05) is 0 Å². The molecule has 0 spiro atoms. The van der Waals surface area contributed by atoms with E-state index in [4.69, 9.17) is 14.2 Å². The molecule has 1 aliphatic rings. The van der Waals surface area contributed by atoms with Crippen molar-refractivity contribution in [2.24, 2.45) is 11.8 Å². The van der Waals surface area contributed by atoms with Gasteiger partial charge in [0.1, 0.15) is 5.60 Å². The van der Waals surface area contributed by atoms with E-state index in [2.05, 4.69) is 14.8 Å². The smallest absolute Gasteiger partial charge is 0.410 e. The van der Waals surface area contributed by atoms with Crippen LogP contribution in [-0.4, -0.2) is 87.8 Å². The molecule has 0 atom stereocenters. The molecule has 0 aliphatic heterocycles. The van der Waals surface area contributed by atoms with Crippen LogP contribution < -0.4 is 14.8 Å². The number of Topliss-reactive ketones (excluding diaryl/α,β-unsaturated/α-hetero) is 1. The molecule has 12 heteroatoms. The maximum absolute atomic E-state index is 12.8. The van der Waals surface area contributed by atoms with E-state index in [0.29, 0.717) is 19.4 Å². The van der Waals surface area contributed by atoms with Crippen molar-refractivity contribution >= 4 is 29.7 Å². The topological polar surface area (TPSA) is 147 Å². The summed E-state index contributed by atoms with van der Waals surface area (Å²) < 4.78 is 25.3. The van der Waals surface area contributed by atoms with Crippen molar-refractivity contribution in [1.82, 2.24) is 10.2 Å². The quantitative estimate of drug-likeness (QED) is 0.228. The lowest BCUT2D eigenvalue weighted by Gasteiger charge is -2.31. The number of carbonyl (C=O) groups excluding carboxylic acids is 5. The molecule has 2 amide bonds. The van der Waals surface area contributed by atoms with Gasteiger partial charge in [0, 0.05) is 25.1 Å². The molecular weight excluding hydrogens is 524 g/mol. The standard InChI is InChI=1S/C28H40N2O10/c1-28(2,3)40-27(35)30(4)15-18-7-9-19(10-8-18)26(34)29-14-21(31)20-11-12-22(38-16-24(32)36-5)23(13-20)39-17-25(33)37-6/h11-13,18-19H,7-10,14-17H2,1-6H3,(H,29,34). The van der Waals surface area contributed by atoms with Crippen LogP contribution in [0.3, 0.4) is 0 Å². The highest BCUT2D eigenvalue weighted by molar-refractivity contribution is 6.00. The van der Waals surface area contributed by atoms with E-state index >= 15 is 0 Å². The highest BCUT2D eigenvalue weighted by Gasteiger charge is 2.29. The summed E-state index contributed by atoms with van der Waals surface area (Å²) in [5.41, 5.74) is -0.337. The number of nitrogens with one attached hydrogen (secondary N) is 1. The molecule has 222 valence electrons. The molecule has 1 aromatic rings. The maximum atomic E-state index is 12.8. The number of hydrogen-bond donors (Lipinski definition) is 1. The fraction of sp³-hybridized carbons (Fsp3) is 0.607.